The van der Waals surface area contributed by atoms with E-state index in [2.05, 4.69) is 4.98 Å². The van der Waals surface area contributed by atoms with Gasteiger partial charge >= 0.3 is 0 Å². The summed E-state index contributed by atoms with van der Waals surface area (Å²) in [4.78, 5) is 3.75. The van der Waals surface area contributed by atoms with Crippen molar-refractivity contribution in [2.45, 2.75) is 25.9 Å². The number of nitrogens with zero attached hydrogens (tertiary/aromatic N) is 1. The standard InChI is InChI=1S/C7H11NO2/c1-6(9)2-3-7-4-8-5-10-7/h4-6,9H,2-3H2,1H3/t6-/m1/s1. The van der Waals surface area contributed by atoms with Gasteiger partial charge in [-0.3, -0.25) is 0 Å². The number of aryl methyl sites for hydroxylation is 1. The molecule has 0 spiro atoms. The Morgan fingerprint density at radius 2 is 2.60 bits per heavy atom. The Kier molecular flexibility index (Phi) is 2.45. The molecule has 1 rings (SSSR count). The smallest absolute Gasteiger partial charge is 0.180 e. The van der Waals surface area contributed by atoms with Crippen LogP contribution in [-0.4, -0.2) is 16.2 Å². The molecule has 3 nitrogen and oxygen atoms in total. The number of aliphatic hydroxyl groups is 1. The van der Waals surface area contributed by atoms with Crippen molar-refractivity contribution in [2.75, 3.05) is 0 Å². The van der Waals surface area contributed by atoms with Gasteiger partial charge in [0.25, 0.3) is 0 Å². The summed E-state index contributed by atoms with van der Waals surface area (Å²) < 4.78 is 4.96. The zero-order valence-corrected chi connectivity index (χ0v) is 5.95. The highest BCUT2D eigenvalue weighted by atomic mass is 16.3. The van der Waals surface area contributed by atoms with Crippen LogP contribution >= 0.6 is 0 Å². The summed E-state index contributed by atoms with van der Waals surface area (Å²) in [7, 11) is 0. The first kappa shape index (κ1) is 7.28. The van der Waals surface area contributed by atoms with Crippen LogP contribution in [0.3, 0.4) is 0 Å². The van der Waals surface area contributed by atoms with Crippen LogP contribution in [0.5, 0.6) is 0 Å². The number of hydrogen-bond donors (Lipinski definition) is 1. The van der Waals surface area contributed by atoms with E-state index in [-0.39, 0.29) is 6.10 Å². The summed E-state index contributed by atoms with van der Waals surface area (Å²) in [5.74, 6) is 0.834. The number of rotatable bonds is 3. The molecule has 3 heteroatoms. The molecule has 1 aromatic heterocycles. The van der Waals surface area contributed by atoms with Crippen LogP contribution in [0.25, 0.3) is 0 Å². The van der Waals surface area contributed by atoms with Crippen molar-refractivity contribution in [2.24, 2.45) is 0 Å². The molecule has 0 aliphatic carbocycles. The van der Waals surface area contributed by atoms with Crippen LogP contribution in [0.2, 0.25) is 0 Å². The fraction of sp³-hybridized carbons (Fsp3) is 0.571. The van der Waals surface area contributed by atoms with Crippen LogP contribution in [0.1, 0.15) is 19.1 Å². The summed E-state index contributed by atoms with van der Waals surface area (Å²) in [5.41, 5.74) is 0. The van der Waals surface area contributed by atoms with E-state index >= 15 is 0 Å². The van der Waals surface area contributed by atoms with Crippen LogP contribution in [0, 0.1) is 0 Å². The van der Waals surface area contributed by atoms with E-state index in [1.54, 1.807) is 13.1 Å². The maximum atomic E-state index is 8.89. The Hall–Kier alpha value is -0.830. The Labute approximate surface area is 59.7 Å². The molecule has 0 aliphatic rings. The van der Waals surface area contributed by atoms with Gasteiger partial charge in [0.15, 0.2) is 6.39 Å². The normalized spacial score (nSPS) is 13.4. The van der Waals surface area contributed by atoms with Crippen LogP contribution in [0.4, 0.5) is 0 Å². The second-order valence-electron chi connectivity index (χ2n) is 2.36. The third-order valence-corrected chi connectivity index (χ3v) is 1.29. The molecule has 1 atom stereocenters. The van der Waals surface area contributed by atoms with E-state index in [1.165, 1.54) is 6.39 Å². The molecule has 0 aliphatic heterocycles. The Morgan fingerprint density at radius 3 is 3.10 bits per heavy atom. The first-order valence-electron chi connectivity index (χ1n) is 3.34. The topological polar surface area (TPSA) is 46.3 Å². The van der Waals surface area contributed by atoms with Crippen molar-refractivity contribution in [3.8, 4) is 0 Å². The summed E-state index contributed by atoms with van der Waals surface area (Å²) in [6.45, 7) is 1.76. The zero-order valence-electron chi connectivity index (χ0n) is 5.95. The third-order valence-electron chi connectivity index (χ3n) is 1.29. The second kappa shape index (κ2) is 3.37. The van der Waals surface area contributed by atoms with Crippen LogP contribution < -0.4 is 0 Å². The number of oxazole rings is 1. The Bertz CT molecular complexity index is 170. The first-order valence-corrected chi connectivity index (χ1v) is 3.34. The van der Waals surface area contributed by atoms with Gasteiger partial charge in [-0.05, 0) is 13.3 Å². The van der Waals surface area contributed by atoms with Gasteiger partial charge in [-0.15, -0.1) is 0 Å². The molecular weight excluding hydrogens is 130 g/mol. The van der Waals surface area contributed by atoms with E-state index in [0.29, 0.717) is 0 Å². The minimum Gasteiger partial charge on any atom is -0.449 e. The average Bonchev–Trinajstić information content (AvgIpc) is 2.34. The highest BCUT2D eigenvalue weighted by Crippen LogP contribution is 2.02. The number of aliphatic hydroxyl groups excluding tert-OH is 1. The monoisotopic (exact) mass is 141 g/mol. The summed E-state index contributed by atoms with van der Waals surface area (Å²) in [6, 6.07) is 0. The molecule has 0 aromatic carbocycles. The zero-order chi connectivity index (χ0) is 7.40. The van der Waals surface area contributed by atoms with Crippen LogP contribution in [0.15, 0.2) is 17.0 Å². The lowest BCUT2D eigenvalue weighted by molar-refractivity contribution is 0.182. The highest BCUT2D eigenvalue weighted by Gasteiger charge is 1.99. The molecule has 56 valence electrons. The molecule has 10 heavy (non-hydrogen) atoms. The quantitative estimate of drug-likeness (QED) is 0.682. The molecule has 0 saturated carbocycles. The molecule has 0 saturated heterocycles. The van der Waals surface area contributed by atoms with Crippen molar-refractivity contribution < 1.29 is 9.52 Å². The lowest BCUT2D eigenvalue weighted by atomic mass is 10.2. The third kappa shape index (κ3) is 2.19. The van der Waals surface area contributed by atoms with Gasteiger partial charge in [0.2, 0.25) is 0 Å². The van der Waals surface area contributed by atoms with Gasteiger partial charge in [-0.2, -0.15) is 0 Å². The van der Waals surface area contributed by atoms with Gasteiger partial charge in [0, 0.05) is 6.42 Å². The number of aromatic nitrogens is 1. The molecule has 0 fully saturated rings. The van der Waals surface area contributed by atoms with Crippen molar-refractivity contribution >= 4 is 0 Å². The van der Waals surface area contributed by atoms with Crippen LogP contribution in [-0.2, 0) is 6.42 Å². The van der Waals surface area contributed by atoms with Gasteiger partial charge in [0.1, 0.15) is 5.76 Å². The predicted molar refractivity (Wildman–Crippen MR) is 36.5 cm³/mol. The molecule has 0 radical (unpaired) electrons. The lowest BCUT2D eigenvalue weighted by Crippen LogP contribution is -2.00. The molecular formula is C7H11NO2. The second-order valence-corrected chi connectivity index (χ2v) is 2.36. The molecule has 0 unspecified atom stereocenters. The summed E-state index contributed by atoms with van der Waals surface area (Å²) >= 11 is 0. The number of hydrogen-bond acceptors (Lipinski definition) is 3. The minimum atomic E-state index is -0.259. The summed E-state index contributed by atoms with van der Waals surface area (Å²) in [5, 5.41) is 8.89. The predicted octanol–water partition coefficient (Wildman–Crippen LogP) is 0.988. The van der Waals surface area contributed by atoms with E-state index in [9.17, 15) is 0 Å². The van der Waals surface area contributed by atoms with Gasteiger partial charge < -0.3 is 9.52 Å². The Balaban J connectivity index is 2.28. The van der Waals surface area contributed by atoms with Gasteiger partial charge in [-0.25, -0.2) is 4.98 Å². The SMILES string of the molecule is C[C@@H](O)CCc1cnco1. The van der Waals surface area contributed by atoms with Gasteiger partial charge in [-0.1, -0.05) is 0 Å². The van der Waals surface area contributed by atoms with E-state index in [1.807, 2.05) is 0 Å². The minimum absolute atomic E-state index is 0.259. The first-order chi connectivity index (χ1) is 4.79. The Morgan fingerprint density at radius 1 is 1.80 bits per heavy atom. The molecule has 0 amide bonds. The van der Waals surface area contributed by atoms with E-state index in [4.69, 9.17) is 9.52 Å². The van der Waals surface area contributed by atoms with E-state index in [0.717, 1.165) is 18.6 Å². The van der Waals surface area contributed by atoms with Crippen molar-refractivity contribution in [1.82, 2.24) is 4.98 Å². The van der Waals surface area contributed by atoms with Crippen molar-refractivity contribution in [3.63, 3.8) is 0 Å². The maximum absolute atomic E-state index is 8.89. The van der Waals surface area contributed by atoms with E-state index < -0.39 is 0 Å². The fourth-order valence-corrected chi connectivity index (χ4v) is 0.717. The van der Waals surface area contributed by atoms with Gasteiger partial charge in [0.05, 0.1) is 12.3 Å². The maximum Gasteiger partial charge on any atom is 0.180 e. The molecule has 1 N–H and O–H groups in total. The summed E-state index contributed by atoms with van der Waals surface area (Å²) in [6.07, 6.45) is 4.30. The van der Waals surface area contributed by atoms with Crippen molar-refractivity contribution in [3.05, 3.63) is 18.4 Å². The molecule has 1 aromatic rings. The largest absolute Gasteiger partial charge is 0.449 e. The molecule has 0 bridgehead atoms. The molecule has 1 heterocycles. The average molecular weight is 141 g/mol. The van der Waals surface area contributed by atoms with Crippen molar-refractivity contribution in [1.29, 1.82) is 0 Å². The lowest BCUT2D eigenvalue weighted by Gasteiger charge is -1.98. The fourth-order valence-electron chi connectivity index (χ4n) is 0.717. The highest BCUT2D eigenvalue weighted by molar-refractivity contribution is 4.88.